The van der Waals surface area contributed by atoms with Crippen LogP contribution in [-0.2, 0) is 9.53 Å². The van der Waals surface area contributed by atoms with Gasteiger partial charge in [0, 0.05) is 32.2 Å². The van der Waals surface area contributed by atoms with Crippen molar-refractivity contribution in [3.05, 3.63) is 30.1 Å². The molecule has 6 nitrogen and oxygen atoms in total. The van der Waals surface area contributed by atoms with E-state index >= 15 is 0 Å². The predicted octanol–water partition coefficient (Wildman–Crippen LogP) is 2.51. The maximum Gasteiger partial charge on any atom is 0.321 e. The Morgan fingerprint density at radius 2 is 1.92 bits per heavy atom. The molecule has 1 aromatic rings. The van der Waals surface area contributed by atoms with Gasteiger partial charge in [-0.2, -0.15) is 0 Å². The molecular weight excluding hydrogens is 325 g/mol. The molecule has 136 valence electrons. The molecule has 2 saturated heterocycles. The molecule has 3 rings (SSSR count). The minimum absolute atomic E-state index is 0.0446. The summed E-state index contributed by atoms with van der Waals surface area (Å²) >= 11 is 0. The van der Waals surface area contributed by atoms with Crippen molar-refractivity contribution in [2.45, 2.75) is 44.3 Å². The van der Waals surface area contributed by atoms with Crippen molar-refractivity contribution >= 4 is 17.6 Å². The summed E-state index contributed by atoms with van der Waals surface area (Å²) in [7, 11) is 0. The van der Waals surface area contributed by atoms with E-state index < -0.39 is 0 Å². The quantitative estimate of drug-likeness (QED) is 0.881. The molecule has 2 aliphatic rings. The number of nitrogens with zero attached hydrogens (tertiary/aromatic N) is 1. The molecular formula is C18H24FN3O3. The van der Waals surface area contributed by atoms with Crippen LogP contribution < -0.4 is 10.6 Å². The Labute approximate surface area is 146 Å². The molecule has 1 atom stereocenters. The van der Waals surface area contributed by atoms with Gasteiger partial charge in [0.25, 0.3) is 0 Å². The summed E-state index contributed by atoms with van der Waals surface area (Å²) in [5, 5.41) is 5.59. The average Bonchev–Trinajstić information content (AvgIpc) is 2.98. The van der Waals surface area contributed by atoms with Gasteiger partial charge < -0.3 is 20.3 Å². The number of likely N-dealkylation sites (tertiary alicyclic amines) is 1. The van der Waals surface area contributed by atoms with Gasteiger partial charge in [0.1, 0.15) is 5.82 Å². The average molecular weight is 349 g/mol. The first kappa shape index (κ1) is 17.7. The van der Waals surface area contributed by atoms with E-state index in [4.69, 9.17) is 4.74 Å². The Morgan fingerprint density at radius 1 is 1.24 bits per heavy atom. The van der Waals surface area contributed by atoms with Crippen LogP contribution in [0.15, 0.2) is 24.3 Å². The third-order valence-electron chi connectivity index (χ3n) is 4.97. The van der Waals surface area contributed by atoms with Crippen LogP contribution in [-0.4, -0.2) is 48.2 Å². The molecule has 2 N–H and O–H groups in total. The Hall–Kier alpha value is -2.15. The highest BCUT2D eigenvalue weighted by Gasteiger charge is 2.43. The summed E-state index contributed by atoms with van der Waals surface area (Å²) in [5.74, 6) is -0.373. The summed E-state index contributed by atoms with van der Waals surface area (Å²) in [4.78, 5) is 25.1. The molecule has 0 aliphatic carbocycles. The van der Waals surface area contributed by atoms with E-state index in [2.05, 4.69) is 10.6 Å². The molecule has 1 unspecified atom stereocenters. The largest absolute Gasteiger partial charge is 0.370 e. The molecule has 1 spiro atoms. The van der Waals surface area contributed by atoms with Crippen LogP contribution in [0.25, 0.3) is 0 Å². The third kappa shape index (κ3) is 4.48. The van der Waals surface area contributed by atoms with Crippen molar-refractivity contribution in [1.82, 2.24) is 10.2 Å². The lowest BCUT2D eigenvalue weighted by molar-refractivity contribution is -0.120. The summed E-state index contributed by atoms with van der Waals surface area (Å²) < 4.78 is 19.1. The van der Waals surface area contributed by atoms with Crippen LogP contribution in [0.4, 0.5) is 14.9 Å². The highest BCUT2D eigenvalue weighted by molar-refractivity contribution is 5.89. The van der Waals surface area contributed by atoms with E-state index in [9.17, 15) is 14.0 Å². The molecule has 0 aromatic heterocycles. The van der Waals surface area contributed by atoms with Gasteiger partial charge in [-0.1, -0.05) is 0 Å². The maximum absolute atomic E-state index is 12.9. The fourth-order valence-electron chi connectivity index (χ4n) is 3.52. The van der Waals surface area contributed by atoms with Crippen molar-refractivity contribution in [1.29, 1.82) is 0 Å². The number of carbonyl (C=O) groups excluding carboxylic acids is 2. The fourth-order valence-corrected chi connectivity index (χ4v) is 3.52. The van der Waals surface area contributed by atoms with E-state index in [0.29, 0.717) is 25.3 Å². The Balaban J connectivity index is 1.47. The zero-order valence-electron chi connectivity index (χ0n) is 14.4. The van der Waals surface area contributed by atoms with Gasteiger partial charge >= 0.3 is 6.03 Å². The minimum atomic E-state index is -0.329. The number of halogens is 1. The van der Waals surface area contributed by atoms with E-state index in [1.54, 1.807) is 17.0 Å². The molecule has 2 fully saturated rings. The number of nitrogens with one attached hydrogen (secondary N) is 2. The second kappa shape index (κ2) is 7.39. The van der Waals surface area contributed by atoms with Gasteiger partial charge in [0.15, 0.2) is 0 Å². The first-order chi connectivity index (χ1) is 12.0. The number of urea groups is 1. The smallest absolute Gasteiger partial charge is 0.321 e. The van der Waals surface area contributed by atoms with Crippen molar-refractivity contribution in [2.75, 3.05) is 25.0 Å². The van der Waals surface area contributed by atoms with Crippen LogP contribution in [0.3, 0.4) is 0 Å². The predicted molar refractivity (Wildman–Crippen MR) is 91.7 cm³/mol. The lowest BCUT2D eigenvalue weighted by atomic mass is 9.88. The Bertz CT molecular complexity index is 627. The number of rotatable bonds is 3. The van der Waals surface area contributed by atoms with E-state index in [1.165, 1.54) is 19.1 Å². The molecule has 2 heterocycles. The number of hydrogen-bond donors (Lipinski definition) is 2. The fraction of sp³-hybridized carbons (Fsp3) is 0.556. The SMILES string of the molecule is CC(=O)NCC1CCC2(CCN(C(=O)Nc3ccc(F)cc3)CC2)O1. The number of anilines is 1. The second-order valence-corrected chi connectivity index (χ2v) is 6.82. The van der Waals surface area contributed by atoms with Crippen molar-refractivity contribution in [3.8, 4) is 0 Å². The standard InChI is InChI=1S/C18H24FN3O3/c1-13(23)20-12-16-6-7-18(25-16)8-10-22(11-9-18)17(24)21-15-4-2-14(19)3-5-15/h2-5,16H,6-12H2,1H3,(H,20,23)(H,21,24). The lowest BCUT2D eigenvalue weighted by Crippen LogP contribution is -2.48. The van der Waals surface area contributed by atoms with Gasteiger partial charge in [-0.3, -0.25) is 4.79 Å². The molecule has 0 saturated carbocycles. The third-order valence-corrected chi connectivity index (χ3v) is 4.97. The number of carbonyl (C=O) groups is 2. The summed E-state index contributed by atoms with van der Waals surface area (Å²) in [5.41, 5.74) is 0.412. The minimum Gasteiger partial charge on any atom is -0.370 e. The van der Waals surface area contributed by atoms with Crippen molar-refractivity contribution in [2.24, 2.45) is 0 Å². The molecule has 3 amide bonds. The van der Waals surface area contributed by atoms with Crippen LogP contribution in [0, 0.1) is 5.82 Å². The van der Waals surface area contributed by atoms with Crippen molar-refractivity contribution < 1.29 is 18.7 Å². The normalized spacial score (nSPS) is 22.0. The van der Waals surface area contributed by atoms with E-state index in [1.807, 2.05) is 0 Å². The van der Waals surface area contributed by atoms with E-state index in [0.717, 1.165) is 25.7 Å². The summed E-state index contributed by atoms with van der Waals surface area (Å²) in [6.45, 7) is 3.30. The first-order valence-corrected chi connectivity index (χ1v) is 8.70. The van der Waals surface area contributed by atoms with Crippen LogP contribution >= 0.6 is 0 Å². The number of piperidine rings is 1. The number of benzene rings is 1. The monoisotopic (exact) mass is 349 g/mol. The molecule has 7 heteroatoms. The van der Waals surface area contributed by atoms with Crippen LogP contribution in [0.2, 0.25) is 0 Å². The molecule has 2 aliphatic heterocycles. The topological polar surface area (TPSA) is 70.7 Å². The van der Waals surface area contributed by atoms with Crippen molar-refractivity contribution in [3.63, 3.8) is 0 Å². The van der Waals surface area contributed by atoms with Gasteiger partial charge in [-0.25, -0.2) is 9.18 Å². The highest BCUT2D eigenvalue weighted by atomic mass is 19.1. The van der Waals surface area contributed by atoms with Crippen LogP contribution in [0.1, 0.15) is 32.6 Å². The molecule has 1 aromatic carbocycles. The number of hydrogen-bond acceptors (Lipinski definition) is 3. The number of ether oxygens (including phenoxy) is 1. The summed E-state index contributed by atoms with van der Waals surface area (Å²) in [6, 6.07) is 5.57. The van der Waals surface area contributed by atoms with E-state index in [-0.39, 0.29) is 29.5 Å². The highest BCUT2D eigenvalue weighted by Crippen LogP contribution is 2.38. The Morgan fingerprint density at radius 3 is 2.56 bits per heavy atom. The maximum atomic E-state index is 12.9. The summed E-state index contributed by atoms with van der Waals surface area (Å²) in [6.07, 6.45) is 3.54. The lowest BCUT2D eigenvalue weighted by Gasteiger charge is -2.39. The first-order valence-electron chi connectivity index (χ1n) is 8.70. The van der Waals surface area contributed by atoms with Gasteiger partial charge in [-0.05, 0) is 49.9 Å². The zero-order chi connectivity index (χ0) is 17.9. The van der Waals surface area contributed by atoms with Gasteiger partial charge in [-0.15, -0.1) is 0 Å². The molecule has 0 bridgehead atoms. The van der Waals surface area contributed by atoms with Gasteiger partial charge in [0.2, 0.25) is 5.91 Å². The van der Waals surface area contributed by atoms with Crippen LogP contribution in [0.5, 0.6) is 0 Å². The molecule has 0 radical (unpaired) electrons. The zero-order valence-corrected chi connectivity index (χ0v) is 14.4. The Kier molecular flexibility index (Phi) is 5.22. The van der Waals surface area contributed by atoms with Gasteiger partial charge in [0.05, 0.1) is 11.7 Å². The second-order valence-electron chi connectivity index (χ2n) is 6.82. The molecule has 25 heavy (non-hydrogen) atoms. The number of amides is 3.